The number of nitrogens with zero attached hydrogens (tertiary/aromatic N) is 1. The lowest BCUT2D eigenvalue weighted by molar-refractivity contribution is -0.458. The normalized spacial score (nSPS) is 11.9. The van der Waals surface area contributed by atoms with Crippen LogP contribution < -0.4 is 3.97 Å². The van der Waals surface area contributed by atoms with Crippen LogP contribution in [0.4, 0.5) is 0 Å². The summed E-state index contributed by atoms with van der Waals surface area (Å²) in [6, 6.07) is 12.4. The maximum Gasteiger partial charge on any atom is 0.512 e. The summed E-state index contributed by atoms with van der Waals surface area (Å²) in [7, 11) is -4.57. The largest absolute Gasteiger partial charge is 0.512 e. The second-order valence-electron chi connectivity index (χ2n) is 4.49. The van der Waals surface area contributed by atoms with E-state index in [0.717, 1.165) is 3.97 Å². The number of hydrogen-bond acceptors (Lipinski definition) is 3. The number of pyridine rings is 1. The monoisotopic (exact) mass is 304 g/mol. The molecule has 1 heterocycles. The van der Waals surface area contributed by atoms with E-state index in [4.69, 9.17) is 0 Å². The molecule has 0 aliphatic rings. The first-order valence-corrected chi connectivity index (χ1v) is 7.37. The molecule has 2 N–H and O–H groups in total. The molecule has 0 fully saturated rings. The number of carbonyl (C=O) groups is 1. The van der Waals surface area contributed by atoms with E-state index in [9.17, 15) is 22.9 Å². The Kier molecular flexibility index (Phi) is 2.89. The summed E-state index contributed by atoms with van der Waals surface area (Å²) in [5.41, 5.74) is 0.349. The number of carboxylic acid groups (broad SMARTS) is 1. The van der Waals surface area contributed by atoms with Gasteiger partial charge in [0.1, 0.15) is 0 Å². The van der Waals surface area contributed by atoms with Crippen molar-refractivity contribution in [3.63, 3.8) is 0 Å². The quantitative estimate of drug-likeness (QED) is 0.426. The Morgan fingerprint density at radius 1 is 1.00 bits per heavy atom. The van der Waals surface area contributed by atoms with E-state index in [1.165, 1.54) is 24.3 Å². The molecule has 0 aliphatic carbocycles. The Balaban J connectivity index is 2.66. The molecule has 21 heavy (non-hydrogen) atoms. The van der Waals surface area contributed by atoms with Crippen LogP contribution >= 0.6 is 0 Å². The van der Waals surface area contributed by atoms with Crippen LogP contribution in [0.3, 0.4) is 0 Å². The van der Waals surface area contributed by atoms with Crippen LogP contribution in [-0.2, 0) is 10.3 Å². The molecule has 0 unspecified atom stereocenters. The van der Waals surface area contributed by atoms with Gasteiger partial charge in [0.25, 0.3) is 0 Å². The van der Waals surface area contributed by atoms with E-state index >= 15 is 0 Å². The lowest BCUT2D eigenvalue weighted by Gasteiger charge is -2.04. The highest BCUT2D eigenvalue weighted by molar-refractivity contribution is 7.79. The van der Waals surface area contributed by atoms with Crippen molar-refractivity contribution < 1.29 is 26.8 Å². The van der Waals surface area contributed by atoms with Crippen molar-refractivity contribution in [1.82, 2.24) is 0 Å². The first-order valence-electron chi connectivity index (χ1n) is 5.97. The summed E-state index contributed by atoms with van der Waals surface area (Å²) in [4.78, 5) is 11.3. The second kappa shape index (κ2) is 4.51. The highest BCUT2D eigenvalue weighted by Crippen LogP contribution is 2.22. The third kappa shape index (κ3) is 2.12. The van der Waals surface area contributed by atoms with Gasteiger partial charge in [-0.1, -0.05) is 22.2 Å². The van der Waals surface area contributed by atoms with E-state index < -0.39 is 16.3 Å². The maximum atomic E-state index is 11.7. The minimum absolute atomic E-state index is 0.0318. The lowest BCUT2D eigenvalue weighted by Crippen LogP contribution is -2.43. The summed E-state index contributed by atoms with van der Waals surface area (Å²) < 4.78 is 33.7. The van der Waals surface area contributed by atoms with Gasteiger partial charge in [-0.05, 0) is 18.2 Å². The molecule has 0 spiro atoms. The van der Waals surface area contributed by atoms with Gasteiger partial charge in [-0.3, -0.25) is 0 Å². The third-order valence-corrected chi connectivity index (χ3v) is 4.07. The van der Waals surface area contributed by atoms with Gasteiger partial charge < -0.3 is 5.11 Å². The van der Waals surface area contributed by atoms with Gasteiger partial charge in [0.05, 0.1) is 10.9 Å². The van der Waals surface area contributed by atoms with Crippen molar-refractivity contribution in [3.05, 3.63) is 54.1 Å². The van der Waals surface area contributed by atoms with Crippen LogP contribution in [0.5, 0.6) is 0 Å². The standard InChI is InChI=1S/C14H9NO5S/c16-14(17)10-5-3-7-13-11(10)8-9-4-1-2-6-12(9)15(13)21(18,19)20/h1-8H,(H-,16,17,18,19,20)/p+1. The molecule has 106 valence electrons. The van der Waals surface area contributed by atoms with Crippen LogP contribution in [0.25, 0.3) is 21.8 Å². The average Bonchev–Trinajstić information content (AvgIpc) is 2.42. The number of aromatic carboxylic acids is 1. The summed E-state index contributed by atoms with van der Waals surface area (Å²) in [5, 5.41) is 9.98. The van der Waals surface area contributed by atoms with Gasteiger partial charge in [0, 0.05) is 17.5 Å². The van der Waals surface area contributed by atoms with Gasteiger partial charge in [-0.25, -0.2) is 9.35 Å². The van der Waals surface area contributed by atoms with E-state index in [-0.39, 0.29) is 22.0 Å². The molecule has 0 radical (unpaired) electrons. The number of rotatable bonds is 2. The van der Waals surface area contributed by atoms with E-state index in [1.807, 2.05) is 0 Å². The average molecular weight is 304 g/mol. The zero-order chi connectivity index (χ0) is 15.2. The molecule has 0 amide bonds. The number of fused-ring (bicyclic) bond motifs is 2. The Morgan fingerprint density at radius 2 is 1.67 bits per heavy atom. The Bertz CT molecular complexity index is 995. The molecule has 2 aromatic carbocycles. The van der Waals surface area contributed by atoms with Gasteiger partial charge in [0.15, 0.2) is 0 Å². The predicted molar refractivity (Wildman–Crippen MR) is 75.6 cm³/mol. The molecule has 3 rings (SSSR count). The molecule has 0 bridgehead atoms. The molecule has 1 aromatic heterocycles. The zero-order valence-corrected chi connectivity index (χ0v) is 11.4. The Labute approximate surface area is 119 Å². The molecule has 0 aliphatic heterocycles. The predicted octanol–water partition coefficient (Wildman–Crippen LogP) is 1.63. The topological polar surface area (TPSA) is 95.5 Å². The van der Waals surface area contributed by atoms with Crippen molar-refractivity contribution in [1.29, 1.82) is 0 Å². The fraction of sp³-hybridized carbons (Fsp3) is 0. The maximum absolute atomic E-state index is 11.7. The summed E-state index contributed by atoms with van der Waals surface area (Å²) >= 11 is 0. The number of aromatic nitrogens is 1. The van der Waals surface area contributed by atoms with Crippen molar-refractivity contribution in [2.75, 3.05) is 0 Å². The SMILES string of the molecule is O=C(O)c1cccc2c1cc1ccccc1[n+]2S(=O)(=O)O. The fourth-order valence-corrected chi connectivity index (χ4v) is 3.22. The zero-order valence-electron chi connectivity index (χ0n) is 10.6. The van der Waals surface area contributed by atoms with Gasteiger partial charge in [-0.15, -0.1) is 8.42 Å². The van der Waals surface area contributed by atoms with E-state index in [2.05, 4.69) is 0 Å². The van der Waals surface area contributed by atoms with Crippen molar-refractivity contribution in [2.24, 2.45) is 0 Å². The first kappa shape index (κ1) is 13.5. The van der Waals surface area contributed by atoms with Gasteiger partial charge in [-0.2, -0.15) is 0 Å². The molecule has 7 heteroatoms. The number of benzene rings is 2. The van der Waals surface area contributed by atoms with Crippen LogP contribution in [0, 0.1) is 0 Å². The van der Waals surface area contributed by atoms with Crippen LogP contribution in [-0.4, -0.2) is 24.0 Å². The minimum Gasteiger partial charge on any atom is -0.478 e. The van der Waals surface area contributed by atoms with E-state index in [1.54, 1.807) is 24.3 Å². The highest BCUT2D eigenvalue weighted by atomic mass is 32.2. The third-order valence-electron chi connectivity index (χ3n) is 3.22. The van der Waals surface area contributed by atoms with Gasteiger partial charge in [0.2, 0.25) is 11.0 Å². The Hall–Kier alpha value is -2.51. The number of hydrogen-bond donors (Lipinski definition) is 2. The summed E-state index contributed by atoms with van der Waals surface area (Å²) in [6.45, 7) is 0. The molecule has 3 aromatic rings. The van der Waals surface area contributed by atoms with Crippen LogP contribution in [0.15, 0.2) is 48.5 Å². The summed E-state index contributed by atoms with van der Waals surface area (Å²) in [6.07, 6.45) is 0. The molecular weight excluding hydrogens is 294 g/mol. The van der Waals surface area contributed by atoms with Crippen LogP contribution in [0.1, 0.15) is 10.4 Å². The fourth-order valence-electron chi connectivity index (χ4n) is 2.40. The number of carboxylic acids is 1. The molecule has 0 saturated carbocycles. The van der Waals surface area contributed by atoms with Gasteiger partial charge >= 0.3 is 16.3 Å². The van der Waals surface area contributed by atoms with Crippen LogP contribution in [0.2, 0.25) is 0 Å². The lowest BCUT2D eigenvalue weighted by atomic mass is 10.1. The molecule has 0 atom stereocenters. The second-order valence-corrected chi connectivity index (χ2v) is 5.75. The smallest absolute Gasteiger partial charge is 0.478 e. The molecular formula is C14H10NO5S+. The molecule has 0 saturated heterocycles. The highest BCUT2D eigenvalue weighted by Gasteiger charge is 2.28. The first-order chi connectivity index (χ1) is 9.89. The van der Waals surface area contributed by atoms with Crippen molar-refractivity contribution >= 4 is 38.1 Å². The minimum atomic E-state index is -4.57. The molecule has 6 nitrogen and oxygen atoms in total. The van der Waals surface area contributed by atoms with E-state index in [0.29, 0.717) is 5.39 Å². The Morgan fingerprint density at radius 3 is 2.33 bits per heavy atom. The van der Waals surface area contributed by atoms with Crippen molar-refractivity contribution in [2.45, 2.75) is 0 Å². The van der Waals surface area contributed by atoms with Crippen molar-refractivity contribution in [3.8, 4) is 0 Å². The summed E-state index contributed by atoms with van der Waals surface area (Å²) in [5.74, 6) is -1.17. The number of para-hydroxylation sites is 1.